The Morgan fingerprint density at radius 1 is 1.26 bits per heavy atom. The number of nitrogens with one attached hydrogen (secondary N) is 1. The lowest BCUT2D eigenvalue weighted by Crippen LogP contribution is -2.40. The maximum Gasteiger partial charge on any atom is 0.316 e. The lowest BCUT2D eigenvalue weighted by atomic mass is 10.3. The number of nitrogens with zero attached hydrogens (tertiary/aromatic N) is 3. The van der Waals surface area contributed by atoms with Crippen molar-refractivity contribution < 1.29 is 0 Å². The van der Waals surface area contributed by atoms with Crippen LogP contribution in [0.3, 0.4) is 0 Å². The third-order valence-corrected chi connectivity index (χ3v) is 2.82. The van der Waals surface area contributed by atoms with Crippen LogP contribution in [0.1, 0.15) is 5.56 Å². The van der Waals surface area contributed by atoms with Crippen LogP contribution in [0.5, 0.6) is 0 Å². The van der Waals surface area contributed by atoms with Gasteiger partial charge >= 0.3 is 11.1 Å². The molecular formula is C13H16N4O2. The van der Waals surface area contributed by atoms with Crippen LogP contribution in [0, 0.1) is 0 Å². The number of rotatable bonds is 5. The van der Waals surface area contributed by atoms with Crippen LogP contribution in [0.15, 0.2) is 46.5 Å². The monoisotopic (exact) mass is 260 g/mol. The summed E-state index contributed by atoms with van der Waals surface area (Å²) in [5, 5.41) is 3.20. The Labute approximate surface area is 110 Å². The van der Waals surface area contributed by atoms with E-state index >= 15 is 0 Å². The van der Waals surface area contributed by atoms with Crippen LogP contribution < -0.4 is 16.4 Å². The molecule has 0 bridgehead atoms. The molecule has 2 rings (SSSR count). The van der Waals surface area contributed by atoms with Gasteiger partial charge in [-0.15, -0.1) is 0 Å². The quantitative estimate of drug-likeness (QED) is 0.593. The van der Waals surface area contributed by atoms with Crippen molar-refractivity contribution in [3.05, 3.63) is 63.2 Å². The Kier molecular flexibility index (Phi) is 4.25. The van der Waals surface area contributed by atoms with E-state index in [9.17, 15) is 9.59 Å². The zero-order valence-corrected chi connectivity index (χ0v) is 10.7. The van der Waals surface area contributed by atoms with Crippen molar-refractivity contribution in [2.45, 2.75) is 13.1 Å². The molecule has 6 heteroatoms. The van der Waals surface area contributed by atoms with E-state index in [1.54, 1.807) is 31.8 Å². The van der Waals surface area contributed by atoms with Crippen LogP contribution >= 0.6 is 0 Å². The topological polar surface area (TPSA) is 68.9 Å². The van der Waals surface area contributed by atoms with Crippen molar-refractivity contribution >= 4 is 0 Å². The highest BCUT2D eigenvalue weighted by molar-refractivity contribution is 5.07. The summed E-state index contributed by atoms with van der Waals surface area (Å²) in [5.41, 5.74) is 0.0850. The molecule has 2 aromatic heterocycles. The van der Waals surface area contributed by atoms with Crippen molar-refractivity contribution in [2.24, 2.45) is 7.05 Å². The molecule has 0 saturated heterocycles. The predicted octanol–water partition coefficient (Wildman–Crippen LogP) is -0.268. The summed E-state index contributed by atoms with van der Waals surface area (Å²) in [4.78, 5) is 27.1. The van der Waals surface area contributed by atoms with E-state index < -0.39 is 11.1 Å². The molecule has 100 valence electrons. The van der Waals surface area contributed by atoms with Crippen LogP contribution in [-0.2, 0) is 20.1 Å². The van der Waals surface area contributed by atoms with E-state index in [-0.39, 0.29) is 0 Å². The summed E-state index contributed by atoms with van der Waals surface area (Å²) < 4.78 is 2.69. The molecule has 0 aliphatic rings. The summed E-state index contributed by atoms with van der Waals surface area (Å²) in [7, 11) is 1.56. The molecule has 6 nitrogen and oxygen atoms in total. The highest BCUT2D eigenvalue weighted by Crippen LogP contribution is 1.93. The van der Waals surface area contributed by atoms with E-state index in [0.717, 1.165) is 5.56 Å². The van der Waals surface area contributed by atoms with Gasteiger partial charge in [0, 0.05) is 51.5 Å². The molecule has 0 aromatic carbocycles. The van der Waals surface area contributed by atoms with Gasteiger partial charge in [-0.25, -0.2) is 0 Å². The van der Waals surface area contributed by atoms with Gasteiger partial charge in [-0.05, 0) is 11.6 Å². The minimum atomic E-state index is -0.505. The van der Waals surface area contributed by atoms with Crippen LogP contribution in [-0.4, -0.2) is 20.7 Å². The molecule has 0 aliphatic heterocycles. The number of hydrogen-bond acceptors (Lipinski definition) is 4. The number of hydrogen-bond donors (Lipinski definition) is 1. The fraction of sp³-hybridized carbons (Fsp3) is 0.308. The molecule has 2 aromatic rings. The molecule has 0 spiro atoms. The fourth-order valence-corrected chi connectivity index (χ4v) is 1.70. The average Bonchev–Trinajstić information content (AvgIpc) is 2.44. The smallest absolute Gasteiger partial charge is 0.312 e. The molecule has 2 heterocycles. The van der Waals surface area contributed by atoms with E-state index in [1.165, 1.54) is 9.13 Å². The first-order valence-electron chi connectivity index (χ1n) is 6.04. The van der Waals surface area contributed by atoms with Crippen molar-refractivity contribution in [2.75, 3.05) is 6.54 Å². The molecule has 0 atom stereocenters. The maximum absolute atomic E-state index is 11.6. The first kappa shape index (κ1) is 13.2. The van der Waals surface area contributed by atoms with Crippen molar-refractivity contribution in [1.82, 2.24) is 19.4 Å². The Morgan fingerprint density at radius 3 is 2.84 bits per heavy atom. The van der Waals surface area contributed by atoms with Gasteiger partial charge in [0.2, 0.25) is 0 Å². The predicted molar refractivity (Wildman–Crippen MR) is 71.9 cm³/mol. The Hall–Kier alpha value is -2.21. The average molecular weight is 260 g/mol. The molecule has 1 N–H and O–H groups in total. The molecule has 19 heavy (non-hydrogen) atoms. The fourth-order valence-electron chi connectivity index (χ4n) is 1.70. The second-order valence-electron chi connectivity index (χ2n) is 4.25. The minimum absolute atomic E-state index is 0.467. The van der Waals surface area contributed by atoms with Crippen molar-refractivity contribution in [1.29, 1.82) is 0 Å². The summed E-state index contributed by atoms with van der Waals surface area (Å²) in [6.45, 7) is 1.77. The highest BCUT2D eigenvalue weighted by atomic mass is 16.2. The molecule has 0 unspecified atom stereocenters. The van der Waals surface area contributed by atoms with Gasteiger partial charge < -0.3 is 14.5 Å². The SMILES string of the molecule is Cn1ccn(CCNCc2cccnc2)c(=O)c1=O. The standard InChI is InChI=1S/C13H16N4O2/c1-16-7-8-17(13(19)12(16)18)6-5-15-10-11-3-2-4-14-9-11/h2-4,7-9,15H,5-6,10H2,1H3. The Bertz CT molecular complexity index is 646. The summed E-state index contributed by atoms with van der Waals surface area (Å²) in [6, 6.07) is 3.85. The van der Waals surface area contributed by atoms with Gasteiger partial charge in [-0.2, -0.15) is 0 Å². The Morgan fingerprint density at radius 2 is 2.11 bits per heavy atom. The van der Waals surface area contributed by atoms with Crippen LogP contribution in [0.2, 0.25) is 0 Å². The van der Waals surface area contributed by atoms with E-state index in [4.69, 9.17) is 0 Å². The van der Waals surface area contributed by atoms with Gasteiger partial charge in [0.1, 0.15) is 0 Å². The summed E-state index contributed by atoms with van der Waals surface area (Å²) in [5.74, 6) is 0. The van der Waals surface area contributed by atoms with E-state index in [1.807, 2.05) is 12.1 Å². The zero-order chi connectivity index (χ0) is 13.7. The second kappa shape index (κ2) is 6.10. The van der Waals surface area contributed by atoms with Crippen molar-refractivity contribution in [3.8, 4) is 0 Å². The van der Waals surface area contributed by atoms with Gasteiger partial charge in [-0.1, -0.05) is 6.07 Å². The molecule has 0 aliphatic carbocycles. The Balaban J connectivity index is 1.89. The number of aromatic nitrogens is 3. The van der Waals surface area contributed by atoms with Gasteiger partial charge in [0.05, 0.1) is 0 Å². The number of pyridine rings is 1. The van der Waals surface area contributed by atoms with Crippen LogP contribution in [0.25, 0.3) is 0 Å². The summed E-state index contributed by atoms with van der Waals surface area (Å²) in [6.07, 6.45) is 6.72. The third-order valence-electron chi connectivity index (χ3n) is 2.82. The largest absolute Gasteiger partial charge is 0.316 e. The molecular weight excluding hydrogens is 244 g/mol. The third kappa shape index (κ3) is 3.38. The number of aryl methyl sites for hydroxylation is 1. The molecule has 0 radical (unpaired) electrons. The summed E-state index contributed by atoms with van der Waals surface area (Å²) >= 11 is 0. The first-order chi connectivity index (χ1) is 9.18. The van der Waals surface area contributed by atoms with E-state index in [2.05, 4.69) is 10.3 Å². The second-order valence-corrected chi connectivity index (χ2v) is 4.25. The van der Waals surface area contributed by atoms with Gasteiger partial charge in [-0.3, -0.25) is 14.6 Å². The molecule has 0 saturated carbocycles. The molecule has 0 amide bonds. The van der Waals surface area contributed by atoms with E-state index in [0.29, 0.717) is 19.6 Å². The van der Waals surface area contributed by atoms with Crippen molar-refractivity contribution in [3.63, 3.8) is 0 Å². The van der Waals surface area contributed by atoms with Gasteiger partial charge in [0.15, 0.2) is 0 Å². The molecule has 0 fully saturated rings. The normalized spacial score (nSPS) is 10.6. The lowest BCUT2D eigenvalue weighted by molar-refractivity contribution is 0.571. The zero-order valence-electron chi connectivity index (χ0n) is 10.7. The lowest BCUT2D eigenvalue weighted by Gasteiger charge is -2.07. The minimum Gasteiger partial charge on any atom is -0.312 e. The van der Waals surface area contributed by atoms with Crippen LogP contribution in [0.4, 0.5) is 0 Å². The first-order valence-corrected chi connectivity index (χ1v) is 6.04. The maximum atomic E-state index is 11.6. The highest BCUT2D eigenvalue weighted by Gasteiger charge is 2.01. The van der Waals surface area contributed by atoms with Gasteiger partial charge in [0.25, 0.3) is 0 Å².